The van der Waals surface area contributed by atoms with Crippen molar-refractivity contribution in [3.05, 3.63) is 46.0 Å². The predicted octanol–water partition coefficient (Wildman–Crippen LogP) is -3.26. The van der Waals surface area contributed by atoms with Gasteiger partial charge < -0.3 is 75.9 Å². The molecule has 4 unspecified atom stereocenters. The number of aromatic amines is 2. The van der Waals surface area contributed by atoms with E-state index in [1.807, 2.05) is 0 Å². The molecule has 15 N–H and O–H groups in total. The number of hydrogen-bond donors (Lipinski definition) is 12. The number of nitrogens with one attached hydrogen (secondary N) is 2. The summed E-state index contributed by atoms with van der Waals surface area (Å²) in [5.41, 5.74) is 15.7. The first-order chi connectivity index (χ1) is 37.5. The number of hydrogen-bond acceptors (Lipinski definition) is 29. The number of H-pyrrole nitrogens is 2. The van der Waals surface area contributed by atoms with Crippen molar-refractivity contribution in [2.24, 2.45) is 13.0 Å². The van der Waals surface area contributed by atoms with E-state index in [0.717, 1.165) is 24.3 Å². The van der Waals surface area contributed by atoms with Gasteiger partial charge in [-0.3, -0.25) is 47.1 Å². The van der Waals surface area contributed by atoms with Crippen LogP contribution in [0.3, 0.4) is 0 Å². The lowest BCUT2D eigenvalue weighted by atomic mass is 9.94. The van der Waals surface area contributed by atoms with Gasteiger partial charge in [0.15, 0.2) is 35.1 Å². The molecule has 0 bridgehead atoms. The van der Waals surface area contributed by atoms with Crippen molar-refractivity contribution in [3.8, 4) is 0 Å². The van der Waals surface area contributed by atoms with Crippen LogP contribution in [0.2, 0.25) is 0 Å². The third kappa shape index (κ3) is 12.1. The van der Waals surface area contributed by atoms with Crippen molar-refractivity contribution < 1.29 is 104 Å². The van der Waals surface area contributed by atoms with Crippen LogP contribution in [0.15, 0.2) is 34.9 Å². The Kier molecular flexibility index (Phi) is 16.7. The first-order valence-electron chi connectivity index (χ1n) is 23.0. The number of nitrogens with two attached hydrogens (primary N) is 3. The number of imidazole rings is 3. The summed E-state index contributed by atoms with van der Waals surface area (Å²) in [6.45, 7) is -7.57. The van der Waals surface area contributed by atoms with Gasteiger partial charge in [-0.25, -0.2) is 42.8 Å². The standard InChI is InChI=1S/C36H50N16O23P4S/c1-48(2)17(53)5-13-14(70-32(21(13)54)52-12-49(3)20-29(52)45-36(39)47-31(20)58)6-69-77(61,62)74-78(63,64)75-79(65,66)80-8-16-24(25(67-4)34(72-16)50-10-42-18-26(37)40-9-41-27(18)50)73-76(59,60)68-7-15-22(55)23(56)33(71-15)51-11-43-19-28(51)44-35(38)46-30(19)57/h9-16,21-25,32-34,54-56H,5-8H2,1-4H3,(H11-,37,38,39,40,41,44,45,46,47,57,58,59,60,61,62,63,64,65,66)/p+1/t13-,14-,15-,16-,21-,22-,23-,24-,25-,32-,33-,34-/m1/s1. The predicted molar refractivity (Wildman–Crippen MR) is 266 cm³/mol. The van der Waals surface area contributed by atoms with Crippen LogP contribution in [0.5, 0.6) is 0 Å². The molecule has 6 aromatic heterocycles. The first kappa shape index (κ1) is 59.4. The van der Waals surface area contributed by atoms with Crippen molar-refractivity contribution in [1.82, 2.24) is 58.5 Å². The molecule has 9 rings (SSSR count). The van der Waals surface area contributed by atoms with Gasteiger partial charge in [-0.1, -0.05) is 0 Å². The van der Waals surface area contributed by atoms with E-state index >= 15 is 0 Å². The monoisotopic (exact) mass is 1230 g/mol. The smallest absolute Gasteiger partial charge is 0.387 e. The number of phosphoric ester groups is 2. The van der Waals surface area contributed by atoms with E-state index in [2.05, 4.69) is 48.5 Å². The van der Waals surface area contributed by atoms with Crippen molar-refractivity contribution in [2.75, 3.05) is 57.4 Å². The number of methoxy groups -OCH3 is 1. The summed E-state index contributed by atoms with van der Waals surface area (Å²) in [5.74, 6) is -3.30. The zero-order valence-corrected chi connectivity index (χ0v) is 46.0. The average Bonchev–Trinajstić information content (AvgIpc) is 4.23. The summed E-state index contributed by atoms with van der Waals surface area (Å²) >= 11 is -0.167. The molecule has 3 saturated heterocycles. The summed E-state index contributed by atoms with van der Waals surface area (Å²) in [4.78, 5) is 111. The highest BCUT2D eigenvalue weighted by Gasteiger charge is 2.54. The molecule has 9 heterocycles. The molecule has 3 fully saturated rings. The number of amides is 1. The molecular formula is C36H51N16O23P4S+. The highest BCUT2D eigenvalue weighted by atomic mass is 32.7. The largest absolute Gasteiger partial charge is 0.488 e. The van der Waals surface area contributed by atoms with E-state index in [9.17, 15) is 67.5 Å². The molecule has 44 heteroatoms. The molecule has 80 heavy (non-hydrogen) atoms. The van der Waals surface area contributed by atoms with Gasteiger partial charge in [-0.15, -0.1) is 0 Å². The number of phosphoric acid groups is 3. The lowest BCUT2D eigenvalue weighted by Gasteiger charge is -2.26. The number of nitrogens with zero attached hydrogens (tertiary/aromatic N) is 11. The number of nitrogen functional groups attached to an aromatic ring is 3. The second-order valence-corrected chi connectivity index (χ2v) is 26.7. The highest BCUT2D eigenvalue weighted by molar-refractivity contribution is 8.55. The van der Waals surface area contributed by atoms with E-state index in [1.54, 1.807) is 0 Å². The van der Waals surface area contributed by atoms with Crippen molar-refractivity contribution in [3.63, 3.8) is 0 Å². The number of aliphatic hydroxyl groups excluding tert-OH is 3. The summed E-state index contributed by atoms with van der Waals surface area (Å²) in [6, 6.07) is 0. The molecular weight excluding hydrogens is 1180 g/mol. The van der Waals surface area contributed by atoms with Gasteiger partial charge in [0, 0.05) is 39.3 Å². The Labute approximate surface area is 450 Å². The number of aliphatic hydroxyl groups is 3. The first-order valence-corrected chi connectivity index (χ1v) is 30.6. The number of rotatable bonds is 21. The maximum atomic E-state index is 13.8. The topological polar surface area (TPSA) is 553 Å². The molecule has 39 nitrogen and oxygen atoms in total. The van der Waals surface area contributed by atoms with Crippen LogP contribution >= 0.6 is 41.6 Å². The van der Waals surface area contributed by atoms with E-state index in [4.69, 9.17) is 49.7 Å². The Hall–Kier alpha value is -5.25. The molecule has 0 aromatic carbocycles. The summed E-state index contributed by atoms with van der Waals surface area (Å²) < 4.78 is 107. The van der Waals surface area contributed by atoms with Crippen LogP contribution < -0.4 is 32.9 Å². The molecule has 0 saturated carbocycles. The van der Waals surface area contributed by atoms with Crippen LogP contribution in [0.1, 0.15) is 25.1 Å². The molecule has 0 radical (unpaired) electrons. The number of carbonyl (C=O) groups excluding carboxylic acids is 1. The van der Waals surface area contributed by atoms with Crippen LogP contribution in [-0.4, -0.2) is 188 Å². The van der Waals surface area contributed by atoms with Gasteiger partial charge in [0.25, 0.3) is 16.7 Å². The summed E-state index contributed by atoms with van der Waals surface area (Å²) in [5, 5.41) is 33.3. The summed E-state index contributed by atoms with van der Waals surface area (Å²) in [7, 11) is -12.0. The number of carbonyl (C=O) groups is 1. The van der Waals surface area contributed by atoms with Gasteiger partial charge in [0.2, 0.25) is 30.4 Å². The van der Waals surface area contributed by atoms with E-state index in [1.165, 1.54) is 52.4 Å². The Balaban J connectivity index is 0.879. The maximum absolute atomic E-state index is 13.8. The average molecular weight is 1230 g/mol. The number of anilines is 3. The Morgan fingerprint density at radius 2 is 1.34 bits per heavy atom. The van der Waals surface area contributed by atoms with Gasteiger partial charge in [0.05, 0.1) is 45.1 Å². The molecule has 0 aliphatic carbocycles. The zero-order chi connectivity index (χ0) is 58.1. The second-order valence-electron chi connectivity index (χ2n) is 18.1. The number of aryl methyl sites for hydroxylation is 1. The fraction of sp³-hybridized carbons (Fsp3) is 0.556. The normalized spacial score (nSPS) is 29.2. The van der Waals surface area contributed by atoms with E-state index in [0.29, 0.717) is 0 Å². The van der Waals surface area contributed by atoms with Crippen molar-refractivity contribution in [1.29, 1.82) is 0 Å². The Morgan fingerprint density at radius 1 is 0.738 bits per heavy atom. The van der Waals surface area contributed by atoms with Gasteiger partial charge in [0.1, 0.15) is 48.5 Å². The lowest BCUT2D eigenvalue weighted by Crippen LogP contribution is -2.37. The summed E-state index contributed by atoms with van der Waals surface area (Å²) in [6.07, 6.45) is -13.3. The quantitative estimate of drug-likeness (QED) is 0.0249. The minimum atomic E-state index is -6.13. The van der Waals surface area contributed by atoms with Crippen LogP contribution in [0.25, 0.3) is 33.5 Å². The SMILES string of the molecule is CO[C@@H]1[C@H](OP(=O)(O)OC[C@H]2O[C@@H](n3cnc4c(=O)[nH]c(N)nc43)[C@H](O)[C@@H]2O)[C@@H](CSP(=O)(O)OP(=O)(O)OP(=O)(O)OC[C@H]2O[C@@H](n3c[n+](C)c4c(=O)[nH]c(N)nc43)[C@H](O)[C@@H]2CC(=O)N(C)C)O[C@H]1n1cnc2c(N)ncnc21. The molecule has 3 aliphatic rings. The highest BCUT2D eigenvalue weighted by Crippen LogP contribution is 2.72. The van der Waals surface area contributed by atoms with Gasteiger partial charge in [-0.05, 0) is 11.4 Å². The lowest BCUT2D eigenvalue weighted by molar-refractivity contribution is -0.646. The number of ether oxygens (including phenoxy) is 4. The molecule has 438 valence electrons. The van der Waals surface area contributed by atoms with E-state index < -0.39 is 146 Å². The van der Waals surface area contributed by atoms with Crippen LogP contribution in [0, 0.1) is 5.92 Å². The molecule has 16 atom stereocenters. The van der Waals surface area contributed by atoms with Crippen LogP contribution in [0.4, 0.5) is 17.7 Å². The van der Waals surface area contributed by atoms with E-state index in [-0.39, 0.29) is 62.6 Å². The van der Waals surface area contributed by atoms with Gasteiger partial charge >= 0.3 is 35.8 Å². The molecule has 0 spiro atoms. The minimum absolute atomic E-state index is 0.000428. The molecule has 3 aliphatic heterocycles. The number of aromatic nitrogens is 12. The Bertz CT molecular complexity index is 3660. The maximum Gasteiger partial charge on any atom is 0.488 e. The van der Waals surface area contributed by atoms with Crippen molar-refractivity contribution in [2.45, 2.75) is 73.9 Å². The third-order valence-corrected chi connectivity index (χ3v) is 20.2. The van der Waals surface area contributed by atoms with Crippen molar-refractivity contribution >= 4 is 98.8 Å². The second kappa shape index (κ2) is 22.5. The zero-order valence-electron chi connectivity index (χ0n) is 41.6. The fourth-order valence-corrected chi connectivity index (χ4v) is 16.0. The molecule has 1 amide bonds. The van der Waals surface area contributed by atoms with Crippen LogP contribution in [-0.2, 0) is 71.2 Å². The minimum Gasteiger partial charge on any atom is -0.387 e. The number of fused-ring (bicyclic) bond motifs is 3. The Morgan fingerprint density at radius 3 is 2.02 bits per heavy atom. The van der Waals surface area contributed by atoms with Gasteiger partial charge in [-0.2, -0.15) is 23.2 Å². The third-order valence-electron chi connectivity index (χ3n) is 12.6. The molecule has 6 aromatic rings. The fourth-order valence-electron chi connectivity index (χ4n) is 9.01.